The average Bonchev–Trinajstić information content (AvgIpc) is 3.59. The van der Waals surface area contributed by atoms with Gasteiger partial charge < -0.3 is 0 Å². The van der Waals surface area contributed by atoms with Gasteiger partial charge in [-0.25, -0.2) is 0 Å². The van der Waals surface area contributed by atoms with Crippen LogP contribution in [0, 0.1) is 52.3 Å². The summed E-state index contributed by atoms with van der Waals surface area (Å²) < 4.78 is 0. The van der Waals surface area contributed by atoms with Crippen molar-refractivity contribution in [2.24, 2.45) is 52.3 Å². The van der Waals surface area contributed by atoms with Gasteiger partial charge in [0, 0.05) is 5.41 Å². The highest BCUT2D eigenvalue weighted by atomic mass is 14.6. The zero-order valence-corrected chi connectivity index (χ0v) is 26.9. The van der Waals surface area contributed by atoms with Crippen molar-refractivity contribution in [3.8, 4) is 0 Å². The molecule has 6 rings (SSSR count). The molecule has 220 valence electrons. The van der Waals surface area contributed by atoms with E-state index < -0.39 is 0 Å². The van der Waals surface area contributed by atoms with E-state index in [1.54, 1.807) is 0 Å². The van der Waals surface area contributed by atoms with Crippen LogP contribution in [0.15, 0.2) is 121 Å². The summed E-state index contributed by atoms with van der Waals surface area (Å²) >= 11 is 0. The van der Waals surface area contributed by atoms with Crippen LogP contribution in [0.3, 0.4) is 0 Å². The van der Waals surface area contributed by atoms with E-state index in [1.807, 2.05) is 0 Å². The highest BCUT2D eigenvalue weighted by molar-refractivity contribution is 5.47. The lowest BCUT2D eigenvalue weighted by Gasteiger charge is -2.50. The lowest BCUT2D eigenvalue weighted by atomic mass is 9.52. The number of rotatable bonds is 7. The topological polar surface area (TPSA) is 0 Å². The van der Waals surface area contributed by atoms with Gasteiger partial charge in [-0.3, -0.25) is 0 Å². The van der Waals surface area contributed by atoms with Gasteiger partial charge >= 0.3 is 0 Å². The number of hydrogen-bond donors (Lipinski definition) is 0. The molecule has 2 saturated carbocycles. The maximum absolute atomic E-state index is 4.14. The zero-order valence-electron chi connectivity index (χ0n) is 26.9. The summed E-state index contributed by atoms with van der Waals surface area (Å²) in [5.74, 6) is 3.84. The van der Waals surface area contributed by atoms with Gasteiger partial charge in [-0.1, -0.05) is 143 Å². The van der Waals surface area contributed by atoms with Crippen LogP contribution in [0.1, 0.15) is 78.4 Å². The van der Waals surface area contributed by atoms with Crippen molar-refractivity contribution in [3.63, 3.8) is 0 Å². The Kier molecular flexibility index (Phi) is 7.66. The molecule has 0 radical (unpaired) electrons. The highest BCUT2D eigenvalue weighted by Crippen LogP contribution is 2.65. The first-order chi connectivity index (χ1) is 20.1. The first-order valence-corrected chi connectivity index (χ1v) is 16.6. The quantitative estimate of drug-likeness (QED) is 0.298. The van der Waals surface area contributed by atoms with E-state index in [0.29, 0.717) is 41.4 Å². The van der Waals surface area contributed by atoms with Gasteiger partial charge in [-0.2, -0.15) is 0 Å². The summed E-state index contributed by atoms with van der Waals surface area (Å²) in [5, 5.41) is 0. The summed E-state index contributed by atoms with van der Waals surface area (Å²) in [6.07, 6.45) is 22.5. The van der Waals surface area contributed by atoms with E-state index in [0.717, 1.165) is 6.42 Å². The molecule has 2 aromatic carbocycles. The molecule has 0 amide bonds. The molecule has 0 saturated heterocycles. The second-order valence-electron chi connectivity index (χ2n) is 15.6. The number of fused-ring (bicyclic) bond motifs is 3. The Morgan fingerprint density at radius 2 is 1.26 bits per heavy atom. The Morgan fingerprint density at radius 3 is 1.83 bits per heavy atom. The molecule has 0 heteroatoms. The normalized spacial score (nSPS) is 30.9. The summed E-state index contributed by atoms with van der Waals surface area (Å²) in [6, 6.07) is 23.5. The van der Waals surface area contributed by atoms with Crippen LogP contribution in [0.5, 0.6) is 0 Å². The minimum atomic E-state index is -0.0729. The fourth-order valence-corrected chi connectivity index (χ4v) is 9.76. The van der Waals surface area contributed by atoms with Crippen LogP contribution in [0.2, 0.25) is 0 Å². The van der Waals surface area contributed by atoms with Crippen molar-refractivity contribution >= 4 is 0 Å². The molecular formula is C42H52. The van der Waals surface area contributed by atoms with Gasteiger partial charge in [0.2, 0.25) is 0 Å². The first kappa shape index (κ1) is 29.2. The van der Waals surface area contributed by atoms with Crippen molar-refractivity contribution in [3.05, 3.63) is 132 Å². The van der Waals surface area contributed by atoms with E-state index in [4.69, 9.17) is 0 Å². The van der Waals surface area contributed by atoms with E-state index in [-0.39, 0.29) is 16.2 Å². The minimum Gasteiger partial charge on any atom is -0.103 e. The number of benzene rings is 2. The molecule has 0 spiro atoms. The molecule has 0 aromatic heterocycles. The van der Waals surface area contributed by atoms with Crippen LogP contribution >= 0.6 is 0 Å². The predicted octanol–water partition coefficient (Wildman–Crippen LogP) is 11.1. The second-order valence-corrected chi connectivity index (χ2v) is 15.6. The summed E-state index contributed by atoms with van der Waals surface area (Å²) in [7, 11) is 0. The second kappa shape index (κ2) is 11.0. The van der Waals surface area contributed by atoms with Crippen molar-refractivity contribution < 1.29 is 0 Å². The molecule has 0 nitrogen and oxygen atoms in total. The standard InChI is InChI=1S/C42H52/c1-8-25-41(6,7)33-20-21-34(27-33)42(30-15-11-9-12-16-30,31-17-13-10-14-18-31)39-37-26-29(2)19-23-35(37)36-24-22-32(28-38(36)39)40(3,4)5/h8-19,22-24,26,28,33-39H,1,20-21,25,27H2,2-7H3. The fraction of sp³-hybridized carbons (Fsp3) is 0.476. The third-order valence-electron chi connectivity index (χ3n) is 11.8. The van der Waals surface area contributed by atoms with Crippen LogP contribution in [0.25, 0.3) is 0 Å². The van der Waals surface area contributed by atoms with Gasteiger partial charge in [-0.05, 0) is 102 Å². The van der Waals surface area contributed by atoms with E-state index in [2.05, 4.69) is 151 Å². The monoisotopic (exact) mass is 556 g/mol. The van der Waals surface area contributed by atoms with Gasteiger partial charge in [0.05, 0.1) is 0 Å². The molecule has 7 unspecified atom stereocenters. The van der Waals surface area contributed by atoms with E-state index in [1.165, 1.54) is 41.5 Å². The van der Waals surface area contributed by atoms with Crippen LogP contribution in [0.4, 0.5) is 0 Å². The average molecular weight is 557 g/mol. The Labute approximate surface area is 256 Å². The highest BCUT2D eigenvalue weighted by Gasteiger charge is 2.61. The predicted molar refractivity (Wildman–Crippen MR) is 180 cm³/mol. The number of allylic oxidation sites excluding steroid dienone is 9. The van der Waals surface area contributed by atoms with Gasteiger partial charge in [0.15, 0.2) is 0 Å². The largest absolute Gasteiger partial charge is 0.103 e. The third-order valence-corrected chi connectivity index (χ3v) is 11.8. The van der Waals surface area contributed by atoms with E-state index in [9.17, 15) is 0 Å². The van der Waals surface area contributed by atoms with Crippen LogP contribution in [-0.4, -0.2) is 0 Å². The van der Waals surface area contributed by atoms with Crippen LogP contribution in [-0.2, 0) is 5.41 Å². The lowest BCUT2D eigenvalue weighted by molar-refractivity contribution is 0.141. The summed E-state index contributed by atoms with van der Waals surface area (Å²) in [6.45, 7) is 18.6. The molecule has 2 fully saturated rings. The fourth-order valence-electron chi connectivity index (χ4n) is 9.76. The molecule has 4 aliphatic carbocycles. The smallest absolute Gasteiger partial charge is 0.0270 e. The van der Waals surface area contributed by atoms with Crippen LogP contribution < -0.4 is 0 Å². The number of hydrogen-bond acceptors (Lipinski definition) is 0. The maximum atomic E-state index is 4.14. The maximum Gasteiger partial charge on any atom is 0.0270 e. The molecule has 2 aromatic rings. The molecule has 0 N–H and O–H groups in total. The SMILES string of the molecule is C=CCC(C)(C)C1CCC(C(c2ccccc2)(c2ccccc2)C2C3C=C(C)C=CC3C3C=CC(C(C)(C)C)=CC32)C1. The Hall–Kier alpha value is -2.86. The zero-order chi connectivity index (χ0) is 29.7. The van der Waals surface area contributed by atoms with Crippen molar-refractivity contribution in [2.45, 2.75) is 72.6 Å². The molecule has 0 heterocycles. The molecule has 0 bridgehead atoms. The molecule has 4 aliphatic rings. The third kappa shape index (κ3) is 4.84. The van der Waals surface area contributed by atoms with Crippen molar-refractivity contribution in [1.82, 2.24) is 0 Å². The van der Waals surface area contributed by atoms with Crippen molar-refractivity contribution in [1.29, 1.82) is 0 Å². The van der Waals surface area contributed by atoms with E-state index >= 15 is 0 Å². The minimum absolute atomic E-state index is 0.0729. The summed E-state index contributed by atoms with van der Waals surface area (Å²) in [5.41, 5.74) is 6.31. The van der Waals surface area contributed by atoms with Gasteiger partial charge in [0.1, 0.15) is 0 Å². The Balaban J connectivity index is 1.61. The first-order valence-electron chi connectivity index (χ1n) is 16.6. The molecule has 42 heavy (non-hydrogen) atoms. The summed E-state index contributed by atoms with van der Waals surface area (Å²) in [4.78, 5) is 0. The molecule has 0 aliphatic heterocycles. The molecular weight excluding hydrogens is 504 g/mol. The molecule has 7 atom stereocenters. The van der Waals surface area contributed by atoms with Gasteiger partial charge in [0.25, 0.3) is 0 Å². The van der Waals surface area contributed by atoms with Crippen molar-refractivity contribution in [2.75, 3.05) is 0 Å². The van der Waals surface area contributed by atoms with Gasteiger partial charge in [-0.15, -0.1) is 6.58 Å². The Bertz CT molecular complexity index is 1350. The lowest BCUT2D eigenvalue weighted by Crippen LogP contribution is -2.47. The Morgan fingerprint density at radius 1 is 0.714 bits per heavy atom.